The van der Waals surface area contributed by atoms with E-state index in [0.717, 1.165) is 12.8 Å². The minimum atomic E-state index is 0.366. The molecular formula is C17H27NO. The van der Waals surface area contributed by atoms with Gasteiger partial charge in [-0.25, -0.2) is 0 Å². The molecule has 1 fully saturated rings. The van der Waals surface area contributed by atoms with E-state index in [4.69, 9.17) is 4.74 Å². The topological polar surface area (TPSA) is 21.3 Å². The number of rotatable bonds is 5. The molecule has 0 spiro atoms. The fourth-order valence-corrected chi connectivity index (χ4v) is 2.91. The Labute approximate surface area is 117 Å². The third kappa shape index (κ3) is 4.54. The number of benzene rings is 1. The highest BCUT2D eigenvalue weighted by molar-refractivity contribution is 5.45. The SMILES string of the molecule is CCCCc1ccc(NC2CC(C)OC(C)C2)cc1. The van der Waals surface area contributed by atoms with Gasteiger partial charge < -0.3 is 10.1 Å². The van der Waals surface area contributed by atoms with E-state index in [2.05, 4.69) is 50.4 Å². The van der Waals surface area contributed by atoms with E-state index in [-0.39, 0.29) is 0 Å². The molecule has 1 saturated heterocycles. The van der Waals surface area contributed by atoms with Gasteiger partial charge in [0.05, 0.1) is 12.2 Å². The molecule has 1 N–H and O–H groups in total. The van der Waals surface area contributed by atoms with Crippen molar-refractivity contribution >= 4 is 5.69 Å². The monoisotopic (exact) mass is 261 g/mol. The summed E-state index contributed by atoms with van der Waals surface area (Å²) >= 11 is 0. The first kappa shape index (κ1) is 14.4. The first-order valence-corrected chi connectivity index (χ1v) is 7.68. The first-order valence-electron chi connectivity index (χ1n) is 7.68. The predicted octanol–water partition coefficient (Wildman–Crippen LogP) is 4.40. The Morgan fingerprint density at radius 2 is 1.74 bits per heavy atom. The van der Waals surface area contributed by atoms with Crippen LogP contribution >= 0.6 is 0 Å². The van der Waals surface area contributed by atoms with Gasteiger partial charge in [-0.1, -0.05) is 25.5 Å². The molecule has 0 aromatic heterocycles. The second kappa shape index (κ2) is 6.95. The number of hydrogen-bond acceptors (Lipinski definition) is 2. The molecule has 2 heteroatoms. The summed E-state index contributed by atoms with van der Waals surface area (Å²) in [4.78, 5) is 0. The van der Waals surface area contributed by atoms with Crippen molar-refractivity contribution < 1.29 is 4.74 Å². The summed E-state index contributed by atoms with van der Waals surface area (Å²) < 4.78 is 5.78. The third-order valence-corrected chi connectivity index (χ3v) is 3.84. The van der Waals surface area contributed by atoms with Gasteiger partial charge in [0.1, 0.15) is 0 Å². The molecule has 2 nitrogen and oxygen atoms in total. The molecule has 1 heterocycles. The number of unbranched alkanes of at least 4 members (excludes halogenated alkanes) is 1. The Kier molecular flexibility index (Phi) is 5.26. The standard InChI is InChI=1S/C17H27NO/c1-4-5-6-15-7-9-16(10-8-15)18-17-11-13(2)19-14(3)12-17/h7-10,13-14,17-18H,4-6,11-12H2,1-3H3. The summed E-state index contributed by atoms with van der Waals surface area (Å²) in [6, 6.07) is 9.49. The van der Waals surface area contributed by atoms with Crippen LogP contribution in [0, 0.1) is 0 Å². The lowest BCUT2D eigenvalue weighted by Crippen LogP contribution is -2.36. The summed E-state index contributed by atoms with van der Waals surface area (Å²) in [6.45, 7) is 6.57. The fourth-order valence-electron chi connectivity index (χ4n) is 2.91. The van der Waals surface area contributed by atoms with Crippen LogP contribution in [0.15, 0.2) is 24.3 Å². The summed E-state index contributed by atoms with van der Waals surface area (Å²) in [6.07, 6.45) is 6.67. The maximum atomic E-state index is 5.78. The average molecular weight is 261 g/mol. The van der Waals surface area contributed by atoms with Crippen molar-refractivity contribution in [3.8, 4) is 0 Å². The van der Waals surface area contributed by atoms with Gasteiger partial charge in [0, 0.05) is 11.7 Å². The van der Waals surface area contributed by atoms with Gasteiger partial charge in [-0.2, -0.15) is 0 Å². The molecule has 0 bridgehead atoms. The normalized spacial score (nSPS) is 27.2. The lowest BCUT2D eigenvalue weighted by Gasteiger charge is -2.33. The van der Waals surface area contributed by atoms with Crippen molar-refractivity contribution in [3.63, 3.8) is 0 Å². The molecule has 1 aliphatic heterocycles. The highest BCUT2D eigenvalue weighted by Crippen LogP contribution is 2.23. The van der Waals surface area contributed by atoms with E-state index in [1.807, 2.05) is 0 Å². The van der Waals surface area contributed by atoms with Crippen LogP contribution < -0.4 is 5.32 Å². The minimum Gasteiger partial charge on any atom is -0.382 e. The molecule has 0 amide bonds. The van der Waals surface area contributed by atoms with Crippen LogP contribution in [0.25, 0.3) is 0 Å². The van der Waals surface area contributed by atoms with Crippen molar-refractivity contribution in [2.45, 2.75) is 71.1 Å². The van der Waals surface area contributed by atoms with Crippen LogP contribution in [0.4, 0.5) is 5.69 Å². The average Bonchev–Trinajstić information content (AvgIpc) is 2.37. The van der Waals surface area contributed by atoms with Crippen LogP contribution in [-0.4, -0.2) is 18.2 Å². The van der Waals surface area contributed by atoms with E-state index in [9.17, 15) is 0 Å². The number of hydrogen-bond donors (Lipinski definition) is 1. The highest BCUT2D eigenvalue weighted by Gasteiger charge is 2.23. The molecular weight excluding hydrogens is 234 g/mol. The smallest absolute Gasteiger partial charge is 0.0570 e. The van der Waals surface area contributed by atoms with Gasteiger partial charge in [0.25, 0.3) is 0 Å². The zero-order chi connectivity index (χ0) is 13.7. The highest BCUT2D eigenvalue weighted by atomic mass is 16.5. The molecule has 1 aliphatic rings. The van der Waals surface area contributed by atoms with E-state index < -0.39 is 0 Å². The molecule has 0 saturated carbocycles. The number of nitrogens with one attached hydrogen (secondary N) is 1. The Hall–Kier alpha value is -1.02. The summed E-state index contributed by atoms with van der Waals surface area (Å²) in [5, 5.41) is 3.64. The first-order chi connectivity index (χ1) is 9.17. The van der Waals surface area contributed by atoms with E-state index in [0.29, 0.717) is 18.2 Å². The zero-order valence-corrected chi connectivity index (χ0v) is 12.5. The number of aryl methyl sites for hydroxylation is 1. The van der Waals surface area contributed by atoms with Gasteiger partial charge >= 0.3 is 0 Å². The summed E-state index contributed by atoms with van der Waals surface area (Å²) in [7, 11) is 0. The molecule has 106 valence electrons. The maximum Gasteiger partial charge on any atom is 0.0570 e. The predicted molar refractivity (Wildman–Crippen MR) is 81.7 cm³/mol. The Bertz CT molecular complexity index is 363. The van der Waals surface area contributed by atoms with Gasteiger partial charge in [0.2, 0.25) is 0 Å². The van der Waals surface area contributed by atoms with Crippen molar-refractivity contribution in [1.29, 1.82) is 0 Å². The van der Waals surface area contributed by atoms with Gasteiger partial charge in [0.15, 0.2) is 0 Å². The minimum absolute atomic E-state index is 0.366. The zero-order valence-electron chi connectivity index (χ0n) is 12.5. The van der Waals surface area contributed by atoms with Crippen molar-refractivity contribution in [2.24, 2.45) is 0 Å². The van der Waals surface area contributed by atoms with E-state index in [1.165, 1.54) is 30.5 Å². The molecule has 0 aliphatic carbocycles. The summed E-state index contributed by atoms with van der Waals surface area (Å²) in [5.41, 5.74) is 2.69. The van der Waals surface area contributed by atoms with Gasteiger partial charge in [-0.15, -0.1) is 0 Å². The molecule has 2 rings (SSSR count). The second-order valence-corrected chi connectivity index (χ2v) is 5.87. The van der Waals surface area contributed by atoms with Crippen LogP contribution in [-0.2, 0) is 11.2 Å². The molecule has 2 unspecified atom stereocenters. The van der Waals surface area contributed by atoms with Gasteiger partial charge in [-0.05, 0) is 57.2 Å². The second-order valence-electron chi connectivity index (χ2n) is 5.87. The lowest BCUT2D eigenvalue weighted by atomic mass is 9.99. The molecule has 2 atom stereocenters. The molecule has 0 radical (unpaired) electrons. The molecule has 1 aromatic carbocycles. The maximum absolute atomic E-state index is 5.78. The van der Waals surface area contributed by atoms with Crippen molar-refractivity contribution in [2.75, 3.05) is 5.32 Å². The largest absolute Gasteiger partial charge is 0.382 e. The summed E-state index contributed by atoms with van der Waals surface area (Å²) in [5.74, 6) is 0. The number of anilines is 1. The van der Waals surface area contributed by atoms with Crippen LogP contribution in [0.5, 0.6) is 0 Å². The quantitative estimate of drug-likeness (QED) is 0.848. The molecule has 19 heavy (non-hydrogen) atoms. The Morgan fingerprint density at radius 1 is 1.11 bits per heavy atom. The Balaban J connectivity index is 1.88. The van der Waals surface area contributed by atoms with Crippen molar-refractivity contribution in [3.05, 3.63) is 29.8 Å². The van der Waals surface area contributed by atoms with E-state index in [1.54, 1.807) is 0 Å². The third-order valence-electron chi connectivity index (χ3n) is 3.84. The lowest BCUT2D eigenvalue weighted by molar-refractivity contribution is -0.0337. The van der Waals surface area contributed by atoms with Gasteiger partial charge in [-0.3, -0.25) is 0 Å². The van der Waals surface area contributed by atoms with Crippen LogP contribution in [0.1, 0.15) is 52.0 Å². The van der Waals surface area contributed by atoms with Crippen LogP contribution in [0.2, 0.25) is 0 Å². The van der Waals surface area contributed by atoms with Crippen molar-refractivity contribution in [1.82, 2.24) is 0 Å². The molecule has 1 aromatic rings. The Morgan fingerprint density at radius 3 is 2.32 bits per heavy atom. The fraction of sp³-hybridized carbons (Fsp3) is 0.647. The van der Waals surface area contributed by atoms with E-state index >= 15 is 0 Å². The van der Waals surface area contributed by atoms with Crippen LogP contribution in [0.3, 0.4) is 0 Å². The number of ether oxygens (including phenoxy) is 1.